The predicted molar refractivity (Wildman–Crippen MR) is 60.8 cm³/mol. The Kier molecular flexibility index (Phi) is 4.75. The number of carbonyl (C=O) groups is 1. The van der Waals surface area contributed by atoms with E-state index < -0.39 is 6.09 Å². The van der Waals surface area contributed by atoms with Gasteiger partial charge in [0.15, 0.2) is 0 Å². The highest BCUT2D eigenvalue weighted by atomic mass is 16.7. The second-order valence-corrected chi connectivity index (χ2v) is 3.51. The van der Waals surface area contributed by atoms with Crippen LogP contribution in [-0.2, 0) is 4.84 Å². The van der Waals surface area contributed by atoms with Crippen LogP contribution in [0.15, 0.2) is 30.3 Å². The Morgan fingerprint density at radius 3 is 2.56 bits per heavy atom. The van der Waals surface area contributed by atoms with Gasteiger partial charge in [-0.25, -0.2) is 15.6 Å². The van der Waals surface area contributed by atoms with Crippen LogP contribution in [0.4, 0.5) is 4.79 Å². The molecule has 1 unspecified atom stereocenters. The van der Waals surface area contributed by atoms with Crippen molar-refractivity contribution in [3.8, 4) is 0 Å². The molecule has 0 spiro atoms. The van der Waals surface area contributed by atoms with Crippen molar-refractivity contribution in [2.24, 2.45) is 11.7 Å². The van der Waals surface area contributed by atoms with Crippen molar-refractivity contribution in [3.63, 3.8) is 0 Å². The summed E-state index contributed by atoms with van der Waals surface area (Å²) in [7, 11) is 0. The molecule has 1 amide bonds. The lowest BCUT2D eigenvalue weighted by Gasteiger charge is -2.25. The van der Waals surface area contributed by atoms with Crippen molar-refractivity contribution in [1.29, 1.82) is 0 Å². The molecule has 5 heteroatoms. The van der Waals surface area contributed by atoms with E-state index in [1.54, 1.807) is 0 Å². The summed E-state index contributed by atoms with van der Waals surface area (Å²) >= 11 is 0. The molecule has 16 heavy (non-hydrogen) atoms. The molecular weight excluding hydrogens is 206 g/mol. The van der Waals surface area contributed by atoms with Gasteiger partial charge in [0.1, 0.15) is 0 Å². The Morgan fingerprint density at radius 1 is 1.44 bits per heavy atom. The fourth-order valence-electron chi connectivity index (χ4n) is 1.60. The van der Waals surface area contributed by atoms with Crippen LogP contribution in [0, 0.1) is 0 Å². The normalized spacial score (nSPS) is 11.9. The molecule has 0 aromatic heterocycles. The van der Waals surface area contributed by atoms with Gasteiger partial charge in [-0.05, 0) is 12.0 Å². The van der Waals surface area contributed by atoms with E-state index in [-0.39, 0.29) is 6.04 Å². The molecular formula is C11H17N3O2. The lowest BCUT2D eigenvalue weighted by Crippen LogP contribution is -2.42. The Labute approximate surface area is 94.9 Å². The number of hydrogen-bond acceptors (Lipinski definition) is 4. The van der Waals surface area contributed by atoms with Crippen LogP contribution in [0.1, 0.15) is 31.4 Å². The third kappa shape index (κ3) is 2.95. The minimum absolute atomic E-state index is 0.206. The molecule has 0 heterocycles. The summed E-state index contributed by atoms with van der Waals surface area (Å²) in [5.41, 5.74) is 0.970. The number of hydrazine groups is 1. The number of nitrogens with zero attached hydrogens (tertiary/aromatic N) is 1. The molecule has 0 saturated heterocycles. The number of benzene rings is 1. The third-order valence-corrected chi connectivity index (χ3v) is 2.39. The van der Waals surface area contributed by atoms with Gasteiger partial charge in [-0.1, -0.05) is 43.7 Å². The maximum atomic E-state index is 11.3. The summed E-state index contributed by atoms with van der Waals surface area (Å²) in [6.45, 7) is 2.03. The van der Waals surface area contributed by atoms with Crippen molar-refractivity contribution < 1.29 is 9.63 Å². The zero-order chi connectivity index (χ0) is 12.0. The van der Waals surface area contributed by atoms with Gasteiger partial charge in [0.25, 0.3) is 0 Å². The fraction of sp³-hybridized carbons (Fsp3) is 0.364. The van der Waals surface area contributed by atoms with E-state index in [2.05, 4.69) is 4.84 Å². The predicted octanol–water partition coefficient (Wildman–Crippen LogP) is 1.71. The minimum atomic E-state index is -0.734. The van der Waals surface area contributed by atoms with Crippen LogP contribution in [0.25, 0.3) is 0 Å². The topological polar surface area (TPSA) is 81.6 Å². The van der Waals surface area contributed by atoms with E-state index in [0.29, 0.717) is 0 Å². The molecule has 1 atom stereocenters. The summed E-state index contributed by atoms with van der Waals surface area (Å²) in [4.78, 5) is 15.4. The molecule has 0 aliphatic rings. The lowest BCUT2D eigenvalue weighted by atomic mass is 10.0. The Bertz CT molecular complexity index is 329. The van der Waals surface area contributed by atoms with Gasteiger partial charge in [0.2, 0.25) is 0 Å². The summed E-state index contributed by atoms with van der Waals surface area (Å²) in [6.07, 6.45) is 0.933. The van der Waals surface area contributed by atoms with Crippen LogP contribution in [-0.4, -0.2) is 11.1 Å². The van der Waals surface area contributed by atoms with Crippen LogP contribution in [0.2, 0.25) is 0 Å². The first-order chi connectivity index (χ1) is 7.70. The van der Waals surface area contributed by atoms with Crippen molar-refractivity contribution in [2.45, 2.75) is 25.8 Å². The SMILES string of the molecule is CCCC(c1ccccc1)N(N)C(=O)ON. The second-order valence-electron chi connectivity index (χ2n) is 3.51. The quantitative estimate of drug-likeness (QED) is 0.462. The molecule has 0 bridgehead atoms. The molecule has 1 aromatic carbocycles. The molecule has 1 rings (SSSR count). The van der Waals surface area contributed by atoms with E-state index in [9.17, 15) is 4.79 Å². The van der Waals surface area contributed by atoms with Gasteiger partial charge in [0.05, 0.1) is 6.04 Å². The largest absolute Gasteiger partial charge is 0.443 e. The van der Waals surface area contributed by atoms with Crippen molar-refractivity contribution in [2.75, 3.05) is 0 Å². The lowest BCUT2D eigenvalue weighted by molar-refractivity contribution is 0.0837. The zero-order valence-corrected chi connectivity index (χ0v) is 9.30. The number of carbonyl (C=O) groups excluding carboxylic acids is 1. The highest BCUT2D eigenvalue weighted by Gasteiger charge is 2.22. The van der Waals surface area contributed by atoms with E-state index in [1.807, 2.05) is 37.3 Å². The first kappa shape index (κ1) is 12.5. The van der Waals surface area contributed by atoms with Crippen LogP contribution < -0.4 is 11.7 Å². The van der Waals surface area contributed by atoms with Gasteiger partial charge < -0.3 is 4.84 Å². The fourth-order valence-corrected chi connectivity index (χ4v) is 1.60. The Balaban J connectivity index is 2.86. The first-order valence-corrected chi connectivity index (χ1v) is 5.20. The monoisotopic (exact) mass is 223 g/mol. The summed E-state index contributed by atoms with van der Waals surface area (Å²) < 4.78 is 0. The van der Waals surface area contributed by atoms with Gasteiger partial charge >= 0.3 is 6.09 Å². The molecule has 88 valence electrons. The molecule has 0 aliphatic carbocycles. The summed E-state index contributed by atoms with van der Waals surface area (Å²) in [5, 5.41) is 1.03. The maximum Gasteiger partial charge on any atom is 0.443 e. The van der Waals surface area contributed by atoms with Gasteiger partial charge in [-0.3, -0.25) is 0 Å². The third-order valence-electron chi connectivity index (χ3n) is 2.39. The first-order valence-electron chi connectivity index (χ1n) is 5.20. The highest BCUT2D eigenvalue weighted by molar-refractivity contribution is 5.67. The maximum absolute atomic E-state index is 11.3. The zero-order valence-electron chi connectivity index (χ0n) is 9.30. The number of rotatable bonds is 4. The smallest absolute Gasteiger partial charge is 0.356 e. The molecule has 1 aromatic rings. The number of nitrogens with two attached hydrogens (primary N) is 2. The van der Waals surface area contributed by atoms with E-state index in [0.717, 1.165) is 23.4 Å². The Hall–Kier alpha value is -1.59. The van der Waals surface area contributed by atoms with Crippen molar-refractivity contribution in [3.05, 3.63) is 35.9 Å². The number of hydrogen-bond donors (Lipinski definition) is 2. The van der Waals surface area contributed by atoms with Gasteiger partial charge in [-0.2, -0.15) is 5.90 Å². The average Bonchev–Trinajstić information content (AvgIpc) is 2.35. The van der Waals surface area contributed by atoms with Gasteiger partial charge in [-0.15, -0.1) is 0 Å². The van der Waals surface area contributed by atoms with Crippen molar-refractivity contribution in [1.82, 2.24) is 5.01 Å². The van der Waals surface area contributed by atoms with E-state index >= 15 is 0 Å². The summed E-state index contributed by atoms with van der Waals surface area (Å²) in [6, 6.07) is 9.35. The second kappa shape index (κ2) is 6.09. The molecule has 0 saturated carbocycles. The van der Waals surface area contributed by atoms with E-state index in [4.69, 9.17) is 11.7 Å². The average molecular weight is 223 g/mol. The van der Waals surface area contributed by atoms with Gasteiger partial charge in [0, 0.05) is 0 Å². The molecule has 0 aliphatic heterocycles. The van der Waals surface area contributed by atoms with Crippen molar-refractivity contribution >= 4 is 6.09 Å². The van der Waals surface area contributed by atoms with E-state index in [1.165, 1.54) is 0 Å². The molecule has 0 radical (unpaired) electrons. The standard InChI is InChI=1S/C11H17N3O2/c1-2-6-10(14(12)11(15)16-13)9-7-4-3-5-8-9/h3-5,7-8,10H,2,6,12-13H2,1H3. The number of amides is 1. The molecule has 5 nitrogen and oxygen atoms in total. The Morgan fingerprint density at radius 2 is 2.06 bits per heavy atom. The van der Waals surface area contributed by atoms with Crippen LogP contribution >= 0.6 is 0 Å². The summed E-state index contributed by atoms with van der Waals surface area (Å²) in [5.74, 6) is 10.5. The highest BCUT2D eigenvalue weighted by Crippen LogP contribution is 2.23. The van der Waals surface area contributed by atoms with Crippen LogP contribution in [0.5, 0.6) is 0 Å². The van der Waals surface area contributed by atoms with Crippen LogP contribution in [0.3, 0.4) is 0 Å². The molecule has 0 fully saturated rings. The molecule has 4 N–H and O–H groups in total. The minimum Gasteiger partial charge on any atom is -0.356 e.